The molecule has 5 aromatic carbocycles. The van der Waals surface area contributed by atoms with Gasteiger partial charge in [-0.25, -0.2) is 4.99 Å². The number of nitrogens with zero attached hydrogens (tertiary/aromatic N) is 5. The van der Waals surface area contributed by atoms with Crippen LogP contribution in [0, 0.1) is 34.0 Å². The van der Waals surface area contributed by atoms with Crippen molar-refractivity contribution in [1.82, 2.24) is 0 Å². The van der Waals surface area contributed by atoms with Gasteiger partial charge in [0.25, 0.3) is 0 Å². The number of amides is 1. The third-order valence-corrected chi connectivity index (χ3v) is 7.64. The standard InChI is InChI=1S/C32H13N5O2/c33-13-16-7-8-25-21(9-16)28-19(14-34)10-18-12-26(38)37-24-6-2-4-17-3-1-5-23(29(17)24)36-32(37)22-11-20(15-35)31(39-25)30(28)27(18)22/h1-11H,12H2. The molecule has 0 saturated heterocycles. The molecule has 8 rings (SSSR count). The Balaban J connectivity index is 1.56. The molecule has 0 atom stereocenters. The molecule has 0 unspecified atom stereocenters. The van der Waals surface area contributed by atoms with Gasteiger partial charge in [0.05, 0.1) is 46.6 Å². The summed E-state index contributed by atoms with van der Waals surface area (Å²) in [5, 5.41) is 33.2. The zero-order chi connectivity index (χ0) is 26.4. The number of anilines is 1. The molecular formula is C32H13N5O2. The van der Waals surface area contributed by atoms with Crippen molar-refractivity contribution in [3.05, 3.63) is 94.5 Å². The number of fused-ring (bicyclic) bond motifs is 5. The average Bonchev–Trinajstić information content (AvgIpc) is 3.09. The first-order chi connectivity index (χ1) is 19.1. The monoisotopic (exact) mass is 499 g/mol. The van der Waals surface area contributed by atoms with Gasteiger partial charge in [-0.2, -0.15) is 15.8 Å². The molecule has 1 amide bonds. The fourth-order valence-corrected chi connectivity index (χ4v) is 6.09. The Morgan fingerprint density at radius 1 is 0.821 bits per heavy atom. The number of amidine groups is 1. The predicted molar refractivity (Wildman–Crippen MR) is 145 cm³/mol. The lowest BCUT2D eigenvalue weighted by Gasteiger charge is -2.29. The third kappa shape index (κ3) is 2.62. The first kappa shape index (κ1) is 21.1. The number of benzene rings is 5. The molecule has 0 N–H and O–H groups in total. The maximum absolute atomic E-state index is 13.9. The van der Waals surface area contributed by atoms with Gasteiger partial charge < -0.3 is 4.74 Å². The first-order valence-corrected chi connectivity index (χ1v) is 12.2. The normalized spacial score (nSPS) is 13.8. The van der Waals surface area contributed by atoms with Crippen LogP contribution in [0.1, 0.15) is 27.8 Å². The quantitative estimate of drug-likeness (QED) is 0.241. The Morgan fingerprint density at radius 2 is 1.64 bits per heavy atom. The second-order valence-electron chi connectivity index (χ2n) is 9.65. The molecule has 0 aliphatic carbocycles. The van der Waals surface area contributed by atoms with Crippen molar-refractivity contribution in [1.29, 1.82) is 15.8 Å². The maximum Gasteiger partial charge on any atom is 0.237 e. The molecule has 0 saturated carbocycles. The highest BCUT2D eigenvalue weighted by atomic mass is 16.5. The SMILES string of the molecule is N#Cc1ccc2c(c1)-c1c(C#N)cc3c4c(cc(C#N)c(c14)O2)C1=Nc2cccc4cccc(c24)N1C(=O)C3. The van der Waals surface area contributed by atoms with Crippen molar-refractivity contribution in [2.45, 2.75) is 6.42 Å². The molecule has 3 aliphatic rings. The minimum absolute atomic E-state index is 0.0342. The highest BCUT2D eigenvalue weighted by Gasteiger charge is 2.37. The van der Waals surface area contributed by atoms with Crippen molar-refractivity contribution in [3.63, 3.8) is 0 Å². The highest BCUT2D eigenvalue weighted by Crippen LogP contribution is 2.53. The smallest absolute Gasteiger partial charge is 0.237 e. The Labute approximate surface area is 221 Å². The first-order valence-electron chi connectivity index (χ1n) is 12.2. The number of hydrogen-bond acceptors (Lipinski definition) is 6. The molecular weight excluding hydrogens is 486 g/mol. The van der Waals surface area contributed by atoms with Gasteiger partial charge in [-0.05, 0) is 53.4 Å². The van der Waals surface area contributed by atoms with Crippen LogP contribution in [0.2, 0.25) is 0 Å². The number of rotatable bonds is 0. The van der Waals surface area contributed by atoms with Gasteiger partial charge in [-0.3, -0.25) is 9.69 Å². The molecule has 7 heteroatoms. The number of hydrogen-bond donors (Lipinski definition) is 0. The van der Waals surface area contributed by atoms with E-state index in [9.17, 15) is 20.6 Å². The van der Waals surface area contributed by atoms with Crippen molar-refractivity contribution in [2.24, 2.45) is 4.99 Å². The van der Waals surface area contributed by atoms with Gasteiger partial charge in [-0.15, -0.1) is 0 Å². The van der Waals surface area contributed by atoms with Crippen LogP contribution in [0.25, 0.3) is 32.7 Å². The second kappa shape index (κ2) is 7.29. The van der Waals surface area contributed by atoms with E-state index in [4.69, 9.17) is 9.73 Å². The van der Waals surface area contributed by atoms with Crippen LogP contribution in [-0.2, 0) is 11.2 Å². The van der Waals surface area contributed by atoms with Crippen LogP contribution in [0.3, 0.4) is 0 Å². The van der Waals surface area contributed by atoms with E-state index in [0.29, 0.717) is 61.5 Å². The predicted octanol–water partition coefficient (Wildman–Crippen LogP) is 6.36. The Kier molecular flexibility index (Phi) is 3.95. The van der Waals surface area contributed by atoms with E-state index in [1.54, 1.807) is 35.2 Å². The molecule has 3 heterocycles. The molecule has 7 nitrogen and oxygen atoms in total. The van der Waals surface area contributed by atoms with Crippen LogP contribution >= 0.6 is 0 Å². The Morgan fingerprint density at radius 3 is 2.44 bits per heavy atom. The van der Waals surface area contributed by atoms with Crippen LogP contribution in [0.5, 0.6) is 11.5 Å². The van der Waals surface area contributed by atoms with Crippen molar-refractivity contribution in [3.8, 4) is 40.8 Å². The molecule has 0 fully saturated rings. The van der Waals surface area contributed by atoms with E-state index in [-0.39, 0.29) is 17.9 Å². The number of carbonyl (C=O) groups is 1. The van der Waals surface area contributed by atoms with Gasteiger partial charge in [0.15, 0.2) is 5.75 Å². The lowest BCUT2D eigenvalue weighted by molar-refractivity contribution is -0.117. The van der Waals surface area contributed by atoms with Crippen LogP contribution in [0.4, 0.5) is 11.4 Å². The molecule has 0 aromatic heterocycles. The zero-order valence-corrected chi connectivity index (χ0v) is 20.1. The van der Waals surface area contributed by atoms with Gasteiger partial charge >= 0.3 is 0 Å². The van der Waals surface area contributed by atoms with Crippen LogP contribution in [0.15, 0.2) is 71.7 Å². The van der Waals surface area contributed by atoms with Gasteiger partial charge in [0.2, 0.25) is 5.91 Å². The number of aliphatic imine (C=N–C) groups is 1. The maximum atomic E-state index is 13.9. The summed E-state index contributed by atoms with van der Waals surface area (Å²) in [7, 11) is 0. The van der Waals surface area contributed by atoms with Gasteiger partial charge in [0, 0.05) is 32.8 Å². The van der Waals surface area contributed by atoms with E-state index < -0.39 is 0 Å². The summed E-state index contributed by atoms with van der Waals surface area (Å²) in [4.78, 5) is 20.5. The van der Waals surface area contributed by atoms with E-state index in [2.05, 4.69) is 18.2 Å². The highest BCUT2D eigenvalue weighted by molar-refractivity contribution is 6.35. The molecule has 3 aliphatic heterocycles. The van der Waals surface area contributed by atoms with E-state index in [0.717, 1.165) is 22.1 Å². The van der Waals surface area contributed by atoms with E-state index in [1.165, 1.54) is 0 Å². The van der Waals surface area contributed by atoms with E-state index in [1.807, 2.05) is 36.4 Å². The van der Waals surface area contributed by atoms with Crippen molar-refractivity contribution < 1.29 is 9.53 Å². The summed E-state index contributed by atoms with van der Waals surface area (Å²) in [6, 6.07) is 26.8. The number of carbonyl (C=O) groups excluding carboxylic acids is 1. The lowest BCUT2D eigenvalue weighted by Crippen LogP contribution is -2.38. The lowest BCUT2D eigenvalue weighted by atomic mass is 9.84. The van der Waals surface area contributed by atoms with Crippen molar-refractivity contribution >= 4 is 44.7 Å². The van der Waals surface area contributed by atoms with Gasteiger partial charge in [-0.1, -0.05) is 24.3 Å². The summed E-state index contributed by atoms with van der Waals surface area (Å²) in [5.41, 5.74) is 4.97. The molecule has 0 bridgehead atoms. The molecule has 178 valence electrons. The summed E-state index contributed by atoms with van der Waals surface area (Å²) in [5.74, 6) is 1.04. The molecule has 0 spiro atoms. The Bertz CT molecular complexity index is 2190. The largest absolute Gasteiger partial charge is 0.455 e. The minimum Gasteiger partial charge on any atom is -0.455 e. The second-order valence-corrected chi connectivity index (χ2v) is 9.65. The average molecular weight is 499 g/mol. The zero-order valence-electron chi connectivity index (χ0n) is 20.1. The van der Waals surface area contributed by atoms with Crippen LogP contribution in [-0.4, -0.2) is 11.7 Å². The summed E-state index contributed by atoms with van der Waals surface area (Å²) < 4.78 is 6.28. The number of ether oxygens (including phenoxy) is 1. The summed E-state index contributed by atoms with van der Waals surface area (Å²) in [6.07, 6.45) is 0.0342. The number of nitriles is 3. The van der Waals surface area contributed by atoms with Gasteiger partial charge in [0.1, 0.15) is 17.7 Å². The molecule has 39 heavy (non-hydrogen) atoms. The summed E-state index contributed by atoms with van der Waals surface area (Å²) in [6.45, 7) is 0. The molecule has 0 radical (unpaired) electrons. The Hall–Kier alpha value is -5.97. The van der Waals surface area contributed by atoms with E-state index >= 15 is 0 Å². The fraction of sp³-hybridized carbons (Fsp3) is 0.0312. The van der Waals surface area contributed by atoms with Crippen molar-refractivity contribution in [2.75, 3.05) is 4.90 Å². The fourth-order valence-electron chi connectivity index (χ4n) is 6.09. The third-order valence-electron chi connectivity index (χ3n) is 7.64. The topological polar surface area (TPSA) is 113 Å². The van der Waals surface area contributed by atoms with Crippen LogP contribution < -0.4 is 9.64 Å². The minimum atomic E-state index is -0.185. The summed E-state index contributed by atoms with van der Waals surface area (Å²) >= 11 is 0. The molecule has 5 aromatic rings.